The molecule has 0 unspecified atom stereocenters. The molecule has 1 aliphatic carbocycles. The molecule has 2 aromatic carbocycles. The third-order valence-corrected chi connectivity index (χ3v) is 5.50. The zero-order chi connectivity index (χ0) is 24.5. The average molecular weight is 471 g/mol. The van der Waals surface area contributed by atoms with E-state index in [-0.39, 0.29) is 35.0 Å². The fourth-order valence-electron chi connectivity index (χ4n) is 3.55. The number of rotatable bonds is 7. The Morgan fingerprint density at radius 3 is 2.53 bits per heavy atom. The first-order valence-corrected chi connectivity index (χ1v) is 10.3. The highest BCUT2D eigenvalue weighted by Gasteiger charge is 2.31. The van der Waals surface area contributed by atoms with Gasteiger partial charge >= 0.3 is 6.36 Å². The maximum Gasteiger partial charge on any atom is 0.573 e. The summed E-state index contributed by atoms with van der Waals surface area (Å²) in [5.41, 5.74) is 12.1. The molecule has 0 saturated heterocycles. The number of aliphatic hydroxyl groups is 2. The second kappa shape index (κ2) is 8.99. The Morgan fingerprint density at radius 1 is 1.06 bits per heavy atom. The van der Waals surface area contributed by atoms with Crippen molar-refractivity contribution in [2.45, 2.75) is 24.7 Å². The molecule has 1 aliphatic rings. The zero-order valence-corrected chi connectivity index (χ0v) is 17.8. The summed E-state index contributed by atoms with van der Waals surface area (Å²) in [6.07, 6.45) is -2.57. The number of hydrogen-bond donors (Lipinski definition) is 3. The molecule has 0 radical (unpaired) electrons. The van der Waals surface area contributed by atoms with E-state index in [2.05, 4.69) is 16.2 Å². The zero-order valence-electron chi connectivity index (χ0n) is 17.8. The summed E-state index contributed by atoms with van der Waals surface area (Å²) < 4.78 is 47.4. The SMILES string of the molecule is NC(CO)(CO)CCc1ccc2oc3c(c(=O)c2c1)=C=C=C(c1cccc(OC(F)(F)F)c1)C=3. The number of benzene rings is 2. The van der Waals surface area contributed by atoms with Crippen LogP contribution in [-0.4, -0.2) is 35.3 Å². The first kappa shape index (κ1) is 23.6. The molecule has 1 aromatic heterocycles. The smallest absolute Gasteiger partial charge is 0.455 e. The van der Waals surface area contributed by atoms with Crippen LogP contribution in [0.1, 0.15) is 17.5 Å². The Labute approximate surface area is 191 Å². The number of allylic oxidation sites excluding steroid dienone is 1. The predicted molar refractivity (Wildman–Crippen MR) is 119 cm³/mol. The van der Waals surface area contributed by atoms with Gasteiger partial charge in [0.15, 0.2) is 0 Å². The van der Waals surface area contributed by atoms with Gasteiger partial charge in [-0.05, 0) is 54.3 Å². The number of aryl methyl sites for hydroxylation is 1. The highest BCUT2D eigenvalue weighted by atomic mass is 19.4. The highest BCUT2D eigenvalue weighted by molar-refractivity contribution is 5.90. The first-order valence-electron chi connectivity index (χ1n) is 10.3. The molecule has 9 heteroatoms. The molecular weight excluding hydrogens is 451 g/mol. The van der Waals surface area contributed by atoms with Gasteiger partial charge in [0.25, 0.3) is 0 Å². The summed E-state index contributed by atoms with van der Waals surface area (Å²) in [7, 11) is 0. The second-order valence-corrected chi connectivity index (χ2v) is 8.06. The molecule has 176 valence electrons. The molecule has 6 nitrogen and oxygen atoms in total. The third-order valence-electron chi connectivity index (χ3n) is 5.50. The molecule has 0 atom stereocenters. The number of nitrogens with two attached hydrogens (primary N) is 1. The number of alkyl halides is 3. The van der Waals surface area contributed by atoms with Crippen LogP contribution in [0.3, 0.4) is 0 Å². The Morgan fingerprint density at radius 2 is 1.82 bits per heavy atom. The minimum atomic E-state index is -4.82. The standard InChI is InChI=1S/C25H20F3NO5/c26-25(27,28)34-18-3-1-2-16(11-18)17-5-6-19-22(12-17)33-21-7-4-15(10-20(21)23(19)32)8-9-24(29,13-30)14-31/h1-4,7,10-12,30-31H,8-9,13-14,29H2. The Balaban J connectivity index is 1.74. The van der Waals surface area contributed by atoms with E-state index in [1.807, 2.05) is 0 Å². The van der Waals surface area contributed by atoms with Crippen molar-refractivity contribution >= 4 is 28.3 Å². The van der Waals surface area contributed by atoms with Crippen LogP contribution in [0.4, 0.5) is 13.2 Å². The molecule has 4 rings (SSSR count). The molecule has 0 aliphatic heterocycles. The monoisotopic (exact) mass is 471 g/mol. The minimum absolute atomic E-state index is 0.148. The van der Waals surface area contributed by atoms with Crippen molar-refractivity contribution in [3.05, 3.63) is 80.2 Å². The number of fused-ring (bicyclic) bond motifs is 2. The number of halogens is 3. The number of ether oxygens (including phenoxy) is 1. The normalized spacial score (nSPS) is 13.2. The van der Waals surface area contributed by atoms with Gasteiger partial charge in [-0.2, -0.15) is 0 Å². The van der Waals surface area contributed by atoms with Gasteiger partial charge in [0.1, 0.15) is 22.0 Å². The Hall–Kier alpha value is -3.58. The lowest BCUT2D eigenvalue weighted by Gasteiger charge is -2.24. The van der Waals surface area contributed by atoms with Gasteiger partial charge in [0.2, 0.25) is 5.43 Å². The lowest BCUT2D eigenvalue weighted by molar-refractivity contribution is -0.274. The van der Waals surface area contributed by atoms with E-state index in [0.29, 0.717) is 34.9 Å². The van der Waals surface area contributed by atoms with Crippen molar-refractivity contribution in [2.75, 3.05) is 13.2 Å². The average Bonchev–Trinajstić information content (AvgIpc) is 2.81. The molecule has 0 amide bonds. The lowest BCUT2D eigenvalue weighted by Crippen LogP contribution is -2.47. The van der Waals surface area contributed by atoms with Crippen molar-refractivity contribution in [3.63, 3.8) is 0 Å². The van der Waals surface area contributed by atoms with Gasteiger partial charge in [0, 0.05) is 5.57 Å². The molecule has 0 fully saturated rings. The summed E-state index contributed by atoms with van der Waals surface area (Å²) in [4.78, 5) is 13.1. The molecule has 4 N–H and O–H groups in total. The summed E-state index contributed by atoms with van der Waals surface area (Å²) in [5, 5.41) is 19.2. The van der Waals surface area contributed by atoms with E-state index >= 15 is 0 Å². The quantitative estimate of drug-likeness (QED) is 0.453. The number of aliphatic hydroxyl groups excluding tert-OH is 2. The maximum atomic E-state index is 13.1. The van der Waals surface area contributed by atoms with Crippen LogP contribution in [0.25, 0.3) is 28.3 Å². The van der Waals surface area contributed by atoms with Crippen molar-refractivity contribution in [3.8, 4) is 5.75 Å². The van der Waals surface area contributed by atoms with Crippen molar-refractivity contribution in [1.29, 1.82) is 0 Å². The summed E-state index contributed by atoms with van der Waals surface area (Å²) in [5.74, 6) is -0.380. The van der Waals surface area contributed by atoms with Crippen LogP contribution in [0.5, 0.6) is 5.75 Å². The van der Waals surface area contributed by atoms with Gasteiger partial charge < -0.3 is 25.1 Å². The largest absolute Gasteiger partial charge is 0.573 e. The van der Waals surface area contributed by atoms with E-state index in [0.717, 1.165) is 5.56 Å². The fraction of sp³-hybridized carbons (Fsp3) is 0.240. The molecule has 0 saturated carbocycles. The van der Waals surface area contributed by atoms with Crippen molar-refractivity contribution in [2.24, 2.45) is 5.73 Å². The first-order chi connectivity index (χ1) is 16.1. The van der Waals surface area contributed by atoms with Gasteiger partial charge in [0.05, 0.1) is 24.1 Å². The predicted octanol–water partition coefficient (Wildman–Crippen LogP) is 1.72. The highest BCUT2D eigenvalue weighted by Crippen LogP contribution is 2.26. The molecule has 0 spiro atoms. The van der Waals surface area contributed by atoms with Crippen molar-refractivity contribution in [1.82, 2.24) is 0 Å². The third kappa shape index (κ3) is 4.99. The summed E-state index contributed by atoms with van der Waals surface area (Å²) in [6.45, 7) is -0.746. The number of hydrogen-bond acceptors (Lipinski definition) is 6. The van der Waals surface area contributed by atoms with E-state index in [1.54, 1.807) is 24.3 Å². The van der Waals surface area contributed by atoms with Crippen LogP contribution in [-0.2, 0) is 6.42 Å². The maximum absolute atomic E-state index is 13.1. The Bertz CT molecular complexity index is 1510. The van der Waals surface area contributed by atoms with E-state index in [1.165, 1.54) is 24.3 Å². The van der Waals surface area contributed by atoms with E-state index in [4.69, 9.17) is 10.2 Å². The van der Waals surface area contributed by atoms with Gasteiger partial charge in [-0.1, -0.05) is 29.7 Å². The fourth-order valence-corrected chi connectivity index (χ4v) is 3.55. The molecule has 3 aromatic rings. The molecule has 1 heterocycles. The van der Waals surface area contributed by atoms with E-state index in [9.17, 15) is 28.2 Å². The summed E-state index contributed by atoms with van der Waals surface area (Å²) >= 11 is 0. The van der Waals surface area contributed by atoms with Crippen molar-refractivity contribution < 1.29 is 32.5 Å². The summed E-state index contributed by atoms with van der Waals surface area (Å²) in [6, 6.07) is 10.4. The molecule has 34 heavy (non-hydrogen) atoms. The van der Waals surface area contributed by atoms with Crippen LogP contribution in [0, 0.1) is 0 Å². The second-order valence-electron chi connectivity index (χ2n) is 8.06. The van der Waals surface area contributed by atoms with Crippen LogP contribution in [0.15, 0.2) is 57.4 Å². The lowest BCUT2D eigenvalue weighted by atomic mass is 9.93. The van der Waals surface area contributed by atoms with E-state index < -0.39 is 11.9 Å². The topological polar surface area (TPSA) is 106 Å². The van der Waals surface area contributed by atoms with Crippen LogP contribution >= 0.6 is 0 Å². The molecule has 0 bridgehead atoms. The minimum Gasteiger partial charge on any atom is -0.455 e. The van der Waals surface area contributed by atoms with Crippen LogP contribution in [0.2, 0.25) is 0 Å². The Kier molecular flexibility index (Phi) is 6.23. The van der Waals surface area contributed by atoms with Gasteiger partial charge in [-0.15, -0.1) is 13.2 Å². The van der Waals surface area contributed by atoms with Crippen LogP contribution < -0.4 is 26.5 Å². The van der Waals surface area contributed by atoms with Gasteiger partial charge in [-0.3, -0.25) is 4.79 Å². The van der Waals surface area contributed by atoms with Gasteiger partial charge in [-0.25, -0.2) is 0 Å². The molecular formula is C25H20F3NO5.